The lowest BCUT2D eigenvalue weighted by Crippen LogP contribution is -2.29. The van der Waals surface area contributed by atoms with Crippen molar-refractivity contribution in [2.45, 2.75) is 39.5 Å². The van der Waals surface area contributed by atoms with Crippen molar-refractivity contribution in [1.82, 2.24) is 19.9 Å². The summed E-state index contributed by atoms with van der Waals surface area (Å²) in [4.78, 5) is 27.6. The van der Waals surface area contributed by atoms with Gasteiger partial charge in [0.15, 0.2) is 0 Å². The Balaban J connectivity index is 1.71. The maximum Gasteiger partial charge on any atom is 0.222 e. The molecule has 0 spiro atoms. The summed E-state index contributed by atoms with van der Waals surface area (Å²) >= 11 is 0. The van der Waals surface area contributed by atoms with Gasteiger partial charge < -0.3 is 10.2 Å². The van der Waals surface area contributed by atoms with Crippen LogP contribution in [0, 0.1) is 12.8 Å². The zero-order chi connectivity index (χ0) is 17.8. The maximum absolute atomic E-state index is 12.3. The zero-order valence-corrected chi connectivity index (χ0v) is 15.1. The lowest BCUT2D eigenvalue weighted by molar-refractivity contribution is -0.130. The lowest BCUT2D eigenvalue weighted by Gasteiger charge is -2.18. The molecule has 0 saturated carbocycles. The van der Waals surface area contributed by atoms with Gasteiger partial charge in [-0.15, -0.1) is 0 Å². The Morgan fingerprint density at radius 1 is 1.32 bits per heavy atom. The SMILES string of the molecule is Cc1nc(Nc2ccccn2)cc([C@@H]2CCN(C(=O)CC(C)C)C2)n1. The van der Waals surface area contributed by atoms with Crippen LogP contribution in [-0.2, 0) is 4.79 Å². The molecule has 3 rings (SSSR count). The minimum Gasteiger partial charge on any atom is -0.342 e. The number of nitrogens with zero attached hydrogens (tertiary/aromatic N) is 4. The highest BCUT2D eigenvalue weighted by Gasteiger charge is 2.28. The van der Waals surface area contributed by atoms with E-state index >= 15 is 0 Å². The number of rotatable bonds is 5. The molecule has 2 aromatic heterocycles. The molecule has 1 aliphatic rings. The van der Waals surface area contributed by atoms with Gasteiger partial charge in [-0.25, -0.2) is 15.0 Å². The van der Waals surface area contributed by atoms with E-state index in [2.05, 4.69) is 34.1 Å². The van der Waals surface area contributed by atoms with Gasteiger partial charge >= 0.3 is 0 Å². The average molecular weight is 339 g/mol. The molecule has 6 nitrogen and oxygen atoms in total. The Hall–Kier alpha value is -2.50. The van der Waals surface area contributed by atoms with Gasteiger partial charge in [0.2, 0.25) is 5.91 Å². The van der Waals surface area contributed by atoms with Gasteiger partial charge in [-0.3, -0.25) is 4.79 Å². The van der Waals surface area contributed by atoms with Gasteiger partial charge in [-0.1, -0.05) is 19.9 Å². The number of hydrogen-bond acceptors (Lipinski definition) is 5. The molecular weight excluding hydrogens is 314 g/mol. The van der Waals surface area contributed by atoms with E-state index < -0.39 is 0 Å². The molecule has 0 bridgehead atoms. The van der Waals surface area contributed by atoms with Crippen LogP contribution in [0.5, 0.6) is 0 Å². The Labute approximate surface area is 148 Å². The van der Waals surface area contributed by atoms with Crippen molar-refractivity contribution in [3.63, 3.8) is 0 Å². The van der Waals surface area contributed by atoms with Gasteiger partial charge in [0.1, 0.15) is 17.5 Å². The number of carbonyl (C=O) groups excluding carboxylic acids is 1. The third-order valence-corrected chi connectivity index (χ3v) is 4.32. The van der Waals surface area contributed by atoms with E-state index in [9.17, 15) is 4.79 Å². The number of aromatic nitrogens is 3. The van der Waals surface area contributed by atoms with Crippen LogP contribution in [0.15, 0.2) is 30.5 Å². The minimum atomic E-state index is 0.245. The minimum absolute atomic E-state index is 0.245. The molecule has 6 heteroatoms. The molecule has 25 heavy (non-hydrogen) atoms. The van der Waals surface area contributed by atoms with Crippen molar-refractivity contribution < 1.29 is 4.79 Å². The number of aryl methyl sites for hydroxylation is 1. The summed E-state index contributed by atoms with van der Waals surface area (Å²) in [5.74, 6) is 3.13. The molecule has 1 amide bonds. The van der Waals surface area contributed by atoms with Gasteiger partial charge in [-0.05, 0) is 31.4 Å². The summed E-state index contributed by atoms with van der Waals surface area (Å²) in [6.07, 6.45) is 3.30. The summed E-state index contributed by atoms with van der Waals surface area (Å²) in [6.45, 7) is 7.60. The zero-order valence-electron chi connectivity index (χ0n) is 15.1. The fourth-order valence-electron chi connectivity index (χ4n) is 3.14. The summed E-state index contributed by atoms with van der Waals surface area (Å²) in [5, 5.41) is 3.23. The molecule has 2 aromatic rings. The Morgan fingerprint density at radius 2 is 2.16 bits per heavy atom. The van der Waals surface area contributed by atoms with E-state index in [-0.39, 0.29) is 11.8 Å². The molecule has 0 unspecified atom stereocenters. The highest BCUT2D eigenvalue weighted by atomic mass is 16.2. The smallest absolute Gasteiger partial charge is 0.222 e. The lowest BCUT2D eigenvalue weighted by atomic mass is 10.0. The topological polar surface area (TPSA) is 71.0 Å². The molecule has 1 fully saturated rings. The average Bonchev–Trinajstić information content (AvgIpc) is 3.05. The Kier molecular flexibility index (Phi) is 5.26. The molecular formula is C19H25N5O. The Morgan fingerprint density at radius 3 is 2.88 bits per heavy atom. The first-order chi connectivity index (χ1) is 12.0. The van der Waals surface area contributed by atoms with E-state index in [4.69, 9.17) is 0 Å². The van der Waals surface area contributed by atoms with Crippen LogP contribution >= 0.6 is 0 Å². The van der Waals surface area contributed by atoms with Crippen molar-refractivity contribution in [2.24, 2.45) is 5.92 Å². The summed E-state index contributed by atoms with van der Waals surface area (Å²) < 4.78 is 0. The normalized spacial score (nSPS) is 17.1. The molecule has 1 atom stereocenters. The first-order valence-electron chi connectivity index (χ1n) is 8.82. The molecule has 1 aliphatic heterocycles. The number of pyridine rings is 1. The first-order valence-corrected chi connectivity index (χ1v) is 8.82. The maximum atomic E-state index is 12.3. The largest absolute Gasteiger partial charge is 0.342 e. The number of anilines is 2. The number of likely N-dealkylation sites (tertiary alicyclic amines) is 1. The van der Waals surface area contributed by atoms with Gasteiger partial charge in [0, 0.05) is 37.7 Å². The summed E-state index contributed by atoms with van der Waals surface area (Å²) in [6, 6.07) is 7.68. The third kappa shape index (κ3) is 4.53. The standard InChI is InChI=1S/C19H25N5O/c1-13(2)10-19(25)24-9-7-15(12-24)16-11-18(22-14(3)21-16)23-17-6-4-5-8-20-17/h4-6,8,11,13,15H,7,9-10,12H2,1-3H3,(H,20,21,22,23)/t15-/m1/s1. The molecule has 1 saturated heterocycles. The van der Waals surface area contributed by atoms with Crippen LogP contribution in [0.4, 0.5) is 11.6 Å². The first kappa shape index (κ1) is 17.3. The molecule has 0 aromatic carbocycles. The van der Waals surface area contributed by atoms with Crippen LogP contribution in [-0.4, -0.2) is 38.8 Å². The van der Waals surface area contributed by atoms with E-state index in [1.807, 2.05) is 36.1 Å². The second-order valence-corrected chi connectivity index (χ2v) is 6.99. The van der Waals surface area contributed by atoms with Crippen LogP contribution < -0.4 is 5.32 Å². The van der Waals surface area contributed by atoms with Crippen LogP contribution in [0.3, 0.4) is 0 Å². The van der Waals surface area contributed by atoms with Crippen molar-refractivity contribution in [3.8, 4) is 0 Å². The van der Waals surface area contributed by atoms with Crippen molar-refractivity contribution in [1.29, 1.82) is 0 Å². The molecule has 132 valence electrons. The van der Waals surface area contributed by atoms with Crippen LogP contribution in [0.2, 0.25) is 0 Å². The predicted molar refractivity (Wildman–Crippen MR) is 97.7 cm³/mol. The highest BCUT2D eigenvalue weighted by Crippen LogP contribution is 2.28. The summed E-state index contributed by atoms with van der Waals surface area (Å²) in [7, 11) is 0. The molecule has 1 N–H and O–H groups in total. The fourth-order valence-corrected chi connectivity index (χ4v) is 3.14. The van der Waals surface area contributed by atoms with Crippen molar-refractivity contribution in [2.75, 3.05) is 18.4 Å². The second-order valence-electron chi connectivity index (χ2n) is 6.99. The Bertz CT molecular complexity index is 732. The van der Waals surface area contributed by atoms with E-state index in [1.165, 1.54) is 0 Å². The number of amides is 1. The van der Waals surface area contributed by atoms with Gasteiger partial charge in [0.25, 0.3) is 0 Å². The summed E-state index contributed by atoms with van der Waals surface area (Å²) in [5.41, 5.74) is 0.991. The van der Waals surface area contributed by atoms with Gasteiger partial charge in [0.05, 0.1) is 5.69 Å². The van der Waals surface area contributed by atoms with Crippen LogP contribution in [0.1, 0.15) is 44.1 Å². The molecule has 0 radical (unpaired) electrons. The second kappa shape index (κ2) is 7.59. The van der Waals surface area contributed by atoms with Gasteiger partial charge in [-0.2, -0.15) is 0 Å². The number of hydrogen-bond donors (Lipinski definition) is 1. The predicted octanol–water partition coefficient (Wildman–Crippen LogP) is 3.29. The monoisotopic (exact) mass is 339 g/mol. The van der Waals surface area contributed by atoms with E-state index in [0.29, 0.717) is 12.3 Å². The molecule has 0 aliphatic carbocycles. The molecule has 3 heterocycles. The highest BCUT2D eigenvalue weighted by molar-refractivity contribution is 5.76. The number of nitrogens with one attached hydrogen (secondary N) is 1. The fraction of sp³-hybridized carbons (Fsp3) is 0.474. The van der Waals surface area contributed by atoms with Crippen molar-refractivity contribution >= 4 is 17.5 Å². The van der Waals surface area contributed by atoms with Crippen LogP contribution in [0.25, 0.3) is 0 Å². The quantitative estimate of drug-likeness (QED) is 0.905. The van der Waals surface area contributed by atoms with E-state index in [0.717, 1.165) is 42.7 Å². The van der Waals surface area contributed by atoms with Crippen molar-refractivity contribution in [3.05, 3.63) is 42.0 Å². The number of carbonyl (C=O) groups is 1. The van der Waals surface area contributed by atoms with E-state index in [1.54, 1.807) is 6.20 Å². The third-order valence-electron chi connectivity index (χ3n) is 4.32.